The molecule has 6 nitrogen and oxygen atoms in total. The quantitative estimate of drug-likeness (QED) is 0.463. The Morgan fingerprint density at radius 2 is 2.11 bits per heavy atom. The number of aromatic nitrogens is 4. The summed E-state index contributed by atoms with van der Waals surface area (Å²) in [5.74, 6) is 0.721. The first-order chi connectivity index (χ1) is 13.1. The van der Waals surface area contributed by atoms with Gasteiger partial charge < -0.3 is 15.0 Å². The number of methoxy groups -OCH3 is 1. The van der Waals surface area contributed by atoms with Crippen molar-refractivity contribution in [3.63, 3.8) is 0 Å². The topological polar surface area (TPSA) is 75.7 Å². The third-order valence-corrected chi connectivity index (χ3v) is 5.68. The van der Waals surface area contributed by atoms with Gasteiger partial charge >= 0.3 is 0 Å². The third kappa shape index (κ3) is 4.00. The van der Waals surface area contributed by atoms with Crippen molar-refractivity contribution in [3.05, 3.63) is 63.1 Å². The highest BCUT2D eigenvalue weighted by atomic mass is 35.5. The number of hydrogen-bond acceptors (Lipinski definition) is 6. The number of nitrogens with one attached hydrogen (secondary N) is 2. The Labute approximate surface area is 169 Å². The van der Waals surface area contributed by atoms with Crippen molar-refractivity contribution in [2.45, 2.75) is 13.0 Å². The number of halogens is 2. The fraction of sp³-hybridized carbons (Fsp3) is 0.167. The molecular formula is C18H15Cl2N5OS. The van der Waals surface area contributed by atoms with Crippen LogP contribution in [0.5, 0.6) is 5.75 Å². The third-order valence-electron chi connectivity index (χ3n) is 4.03. The van der Waals surface area contributed by atoms with E-state index in [0.717, 1.165) is 37.9 Å². The van der Waals surface area contributed by atoms with Gasteiger partial charge in [0, 0.05) is 36.9 Å². The summed E-state index contributed by atoms with van der Waals surface area (Å²) < 4.78 is 5.19. The van der Waals surface area contributed by atoms with E-state index in [9.17, 15) is 0 Å². The molecule has 0 aliphatic rings. The van der Waals surface area contributed by atoms with Crippen LogP contribution in [0.25, 0.3) is 11.0 Å². The predicted octanol–water partition coefficient (Wildman–Crippen LogP) is 4.93. The van der Waals surface area contributed by atoms with E-state index in [4.69, 9.17) is 27.9 Å². The first kappa shape index (κ1) is 18.0. The minimum absolute atomic E-state index is 0.496. The Balaban J connectivity index is 1.50. The molecule has 0 aliphatic heterocycles. The van der Waals surface area contributed by atoms with Crippen LogP contribution in [-0.2, 0) is 13.0 Å². The van der Waals surface area contributed by atoms with E-state index in [0.29, 0.717) is 23.1 Å². The lowest BCUT2D eigenvalue weighted by molar-refractivity contribution is 0.412. The molecule has 9 heteroatoms. The van der Waals surface area contributed by atoms with Crippen molar-refractivity contribution >= 4 is 50.7 Å². The van der Waals surface area contributed by atoms with E-state index in [2.05, 4.69) is 25.3 Å². The fourth-order valence-corrected chi connectivity index (χ4v) is 4.07. The van der Waals surface area contributed by atoms with Crippen molar-refractivity contribution in [2.75, 3.05) is 12.4 Å². The van der Waals surface area contributed by atoms with Crippen LogP contribution in [0.1, 0.15) is 16.0 Å². The van der Waals surface area contributed by atoms with Crippen LogP contribution in [0, 0.1) is 0 Å². The van der Waals surface area contributed by atoms with E-state index in [1.54, 1.807) is 25.7 Å². The van der Waals surface area contributed by atoms with Gasteiger partial charge in [-0.25, -0.2) is 9.97 Å². The normalized spacial score (nSPS) is 11.1. The van der Waals surface area contributed by atoms with Gasteiger partial charge in [-0.3, -0.25) is 4.98 Å². The summed E-state index contributed by atoms with van der Waals surface area (Å²) in [6.07, 6.45) is 7.66. The number of anilines is 1. The molecule has 4 heterocycles. The Hall–Kier alpha value is -2.35. The van der Waals surface area contributed by atoms with E-state index in [1.807, 2.05) is 18.3 Å². The van der Waals surface area contributed by atoms with Crippen LogP contribution in [0.4, 0.5) is 5.13 Å². The van der Waals surface area contributed by atoms with E-state index >= 15 is 0 Å². The Morgan fingerprint density at radius 1 is 1.22 bits per heavy atom. The average Bonchev–Trinajstić information content (AvgIpc) is 3.24. The highest BCUT2D eigenvalue weighted by molar-refractivity contribution is 7.16. The number of H-pyrrole nitrogens is 1. The fourth-order valence-electron chi connectivity index (χ4n) is 2.72. The molecule has 0 saturated carbocycles. The van der Waals surface area contributed by atoms with Gasteiger partial charge in [0.05, 0.1) is 23.2 Å². The minimum atomic E-state index is 0.496. The summed E-state index contributed by atoms with van der Waals surface area (Å²) >= 11 is 13.9. The van der Waals surface area contributed by atoms with Gasteiger partial charge in [-0.15, -0.1) is 11.3 Å². The summed E-state index contributed by atoms with van der Waals surface area (Å²) in [5, 5.41) is 6.13. The standard InChI is InChI=1S/C18H15Cl2N5OS/c1-26-13-2-10(5-21-9-13)6-24-18-25-16(20)15(27-18)3-11-7-22-17-14(11)4-12(19)8-23-17/h2,4-5,7-9H,3,6H2,1H3,(H,22,23)(H,24,25). The zero-order valence-corrected chi connectivity index (χ0v) is 16.6. The van der Waals surface area contributed by atoms with Gasteiger partial charge in [0.2, 0.25) is 0 Å². The van der Waals surface area contributed by atoms with E-state index < -0.39 is 0 Å². The average molecular weight is 420 g/mol. The lowest BCUT2D eigenvalue weighted by Crippen LogP contribution is -1.99. The van der Waals surface area contributed by atoms with Gasteiger partial charge in [-0.2, -0.15) is 0 Å². The maximum atomic E-state index is 6.35. The highest BCUT2D eigenvalue weighted by Crippen LogP contribution is 2.31. The molecule has 0 spiro atoms. The first-order valence-electron chi connectivity index (χ1n) is 8.11. The molecule has 138 valence electrons. The summed E-state index contributed by atoms with van der Waals surface area (Å²) in [4.78, 5) is 17.0. The Morgan fingerprint density at radius 3 is 2.96 bits per heavy atom. The summed E-state index contributed by atoms with van der Waals surface area (Å²) in [6.45, 7) is 0.583. The van der Waals surface area contributed by atoms with Crippen molar-refractivity contribution in [3.8, 4) is 5.75 Å². The van der Waals surface area contributed by atoms with Gasteiger partial charge in [-0.1, -0.05) is 23.2 Å². The number of pyridine rings is 2. The van der Waals surface area contributed by atoms with Gasteiger partial charge in [-0.05, 0) is 23.3 Å². The molecule has 27 heavy (non-hydrogen) atoms. The number of ether oxygens (including phenoxy) is 1. The van der Waals surface area contributed by atoms with E-state index in [1.165, 1.54) is 11.3 Å². The molecule has 4 aromatic heterocycles. The Kier molecular flexibility index (Phi) is 5.15. The van der Waals surface area contributed by atoms with Crippen LogP contribution >= 0.6 is 34.5 Å². The zero-order valence-electron chi connectivity index (χ0n) is 14.3. The highest BCUT2D eigenvalue weighted by Gasteiger charge is 2.13. The molecule has 0 aromatic carbocycles. The number of nitrogens with zero attached hydrogens (tertiary/aromatic N) is 3. The summed E-state index contributed by atoms with van der Waals surface area (Å²) in [5.41, 5.74) is 2.88. The summed E-state index contributed by atoms with van der Waals surface area (Å²) in [7, 11) is 1.62. The first-order valence-corrected chi connectivity index (χ1v) is 9.68. The molecule has 0 unspecified atom stereocenters. The molecule has 0 bridgehead atoms. The second-order valence-electron chi connectivity index (χ2n) is 5.86. The number of rotatable bonds is 6. The number of thiazole rings is 1. The number of fused-ring (bicyclic) bond motifs is 1. The maximum Gasteiger partial charge on any atom is 0.184 e. The van der Waals surface area contributed by atoms with Crippen molar-refractivity contribution < 1.29 is 4.74 Å². The molecule has 0 atom stereocenters. The lowest BCUT2D eigenvalue weighted by Gasteiger charge is -2.04. The largest absolute Gasteiger partial charge is 0.495 e. The zero-order chi connectivity index (χ0) is 18.8. The van der Waals surface area contributed by atoms with Crippen molar-refractivity contribution in [1.29, 1.82) is 0 Å². The monoisotopic (exact) mass is 419 g/mol. The van der Waals surface area contributed by atoms with Gasteiger partial charge in [0.1, 0.15) is 16.5 Å². The van der Waals surface area contributed by atoms with Crippen molar-refractivity contribution in [1.82, 2.24) is 19.9 Å². The van der Waals surface area contributed by atoms with Crippen LogP contribution in [0.15, 0.2) is 36.9 Å². The molecule has 4 aromatic rings. The molecule has 0 saturated heterocycles. The second-order valence-corrected chi connectivity index (χ2v) is 7.74. The molecule has 4 rings (SSSR count). The Bertz CT molecular complexity index is 1090. The molecule has 0 radical (unpaired) electrons. The van der Waals surface area contributed by atoms with Gasteiger partial charge in [0.15, 0.2) is 5.13 Å². The SMILES string of the molecule is COc1cncc(CNc2nc(Cl)c(Cc3c[nH]c4ncc(Cl)cc34)s2)c1. The summed E-state index contributed by atoms with van der Waals surface area (Å²) in [6, 6.07) is 3.83. The molecular weight excluding hydrogens is 405 g/mol. The molecule has 0 aliphatic carbocycles. The smallest absolute Gasteiger partial charge is 0.184 e. The van der Waals surface area contributed by atoms with Crippen LogP contribution in [-0.4, -0.2) is 27.0 Å². The molecule has 0 fully saturated rings. The molecule has 2 N–H and O–H groups in total. The molecule has 0 amide bonds. The number of aromatic amines is 1. The predicted molar refractivity (Wildman–Crippen MR) is 109 cm³/mol. The minimum Gasteiger partial charge on any atom is -0.495 e. The van der Waals surface area contributed by atoms with E-state index in [-0.39, 0.29) is 0 Å². The van der Waals surface area contributed by atoms with Crippen molar-refractivity contribution in [2.24, 2.45) is 0 Å². The second kappa shape index (κ2) is 7.72. The van der Waals surface area contributed by atoms with Crippen LogP contribution in [0.3, 0.4) is 0 Å². The van der Waals surface area contributed by atoms with Crippen LogP contribution in [0.2, 0.25) is 10.2 Å². The lowest BCUT2D eigenvalue weighted by atomic mass is 10.1. The van der Waals surface area contributed by atoms with Crippen LogP contribution < -0.4 is 10.1 Å². The maximum absolute atomic E-state index is 6.35. The van der Waals surface area contributed by atoms with Gasteiger partial charge in [0.25, 0.3) is 0 Å². The number of hydrogen-bond donors (Lipinski definition) is 2.